The summed E-state index contributed by atoms with van der Waals surface area (Å²) in [5, 5.41) is 1.19. The second-order valence-electron chi connectivity index (χ2n) is 6.63. The summed E-state index contributed by atoms with van der Waals surface area (Å²) in [6.07, 6.45) is 20.3. The summed E-state index contributed by atoms with van der Waals surface area (Å²) in [5.41, 5.74) is 0. The molecule has 0 aliphatic rings. The molecule has 0 spiro atoms. The zero-order valence-electron chi connectivity index (χ0n) is 15.4. The maximum Gasteiger partial charge on any atom is 0.00313 e. The van der Waals surface area contributed by atoms with Crippen LogP contribution in [0, 0.1) is 0 Å². The molecule has 0 N–H and O–H groups in total. The van der Waals surface area contributed by atoms with Gasteiger partial charge in [0.15, 0.2) is 0 Å². The van der Waals surface area contributed by atoms with Crippen LogP contribution in [0.3, 0.4) is 0 Å². The van der Waals surface area contributed by atoms with Crippen molar-refractivity contribution in [3.63, 3.8) is 0 Å². The molecule has 0 radical (unpaired) electrons. The van der Waals surface area contributed by atoms with Gasteiger partial charge in [-0.1, -0.05) is 106 Å². The van der Waals surface area contributed by atoms with E-state index in [0.29, 0.717) is 7.92 Å². The second kappa shape index (κ2) is 23.2. The minimum atomic E-state index is 0.380. The van der Waals surface area contributed by atoms with E-state index in [4.69, 9.17) is 0 Å². The smallest absolute Gasteiger partial charge is 0.00313 e. The molecule has 130 valence electrons. The number of hydrogen-bond acceptors (Lipinski definition) is 0. The fraction of sp³-hybridized carbons (Fsp3) is 1.00. The van der Waals surface area contributed by atoms with Crippen molar-refractivity contribution in [3.8, 4) is 0 Å². The molecular weight excluding hydrogens is 339 g/mol. The predicted molar refractivity (Wildman–Crippen MR) is 109 cm³/mol. The Bertz CT molecular complexity index is 143. The van der Waals surface area contributed by atoms with Gasteiger partial charge in [0, 0.05) is 5.33 Å². The van der Waals surface area contributed by atoms with Gasteiger partial charge in [-0.15, -0.1) is 7.92 Å². The first kappa shape index (κ1) is 24.2. The Morgan fingerprint density at radius 2 is 0.762 bits per heavy atom. The molecule has 0 unspecified atom stereocenters. The number of halogens is 1. The summed E-state index contributed by atoms with van der Waals surface area (Å²) in [4.78, 5) is 0. The Labute approximate surface area is 146 Å². The molecule has 0 heterocycles. The lowest BCUT2D eigenvalue weighted by molar-refractivity contribution is 0.538. The predicted octanol–water partition coefficient (Wildman–Crippen LogP) is 8.22. The van der Waals surface area contributed by atoms with Crippen molar-refractivity contribution in [2.75, 3.05) is 25.3 Å². The zero-order chi connectivity index (χ0) is 16.2. The average Bonchev–Trinajstić information content (AvgIpc) is 2.43. The van der Waals surface area contributed by atoms with E-state index in [0.717, 1.165) is 0 Å². The Kier molecular flexibility index (Phi) is 26.7. The van der Waals surface area contributed by atoms with Crippen LogP contribution in [0.2, 0.25) is 0 Å². The lowest BCUT2D eigenvalue weighted by Gasteiger charge is -2.02. The summed E-state index contributed by atoms with van der Waals surface area (Å²) in [7, 11) is 0.380. The molecule has 0 nitrogen and oxygen atoms in total. The van der Waals surface area contributed by atoms with E-state index in [1.54, 1.807) is 0 Å². The molecule has 0 amide bonds. The van der Waals surface area contributed by atoms with Crippen LogP contribution in [0.15, 0.2) is 0 Å². The van der Waals surface area contributed by atoms with Crippen LogP contribution in [0.25, 0.3) is 0 Å². The van der Waals surface area contributed by atoms with Gasteiger partial charge in [0.05, 0.1) is 0 Å². The third-order valence-corrected chi connectivity index (χ3v) is 4.05. The lowest BCUT2D eigenvalue weighted by Crippen LogP contribution is -1.83. The van der Waals surface area contributed by atoms with Crippen LogP contribution in [-0.4, -0.2) is 25.3 Å². The van der Waals surface area contributed by atoms with Gasteiger partial charge in [0.25, 0.3) is 0 Å². The standard InChI is InChI=1S/C16H33Br.C3H9P/c1-2-3-4-5-6-7-8-9-10-11-12-13-14-15-16-17;1-4(2)3/h2-16H2,1H3;1-3H3. The molecule has 0 atom stereocenters. The maximum absolute atomic E-state index is 3.48. The van der Waals surface area contributed by atoms with Gasteiger partial charge in [-0.25, -0.2) is 0 Å². The number of hydrogen-bond donors (Lipinski definition) is 0. The van der Waals surface area contributed by atoms with E-state index in [1.807, 2.05) is 0 Å². The monoisotopic (exact) mass is 380 g/mol. The van der Waals surface area contributed by atoms with Crippen LogP contribution < -0.4 is 0 Å². The lowest BCUT2D eigenvalue weighted by atomic mass is 10.0. The molecule has 0 bridgehead atoms. The molecular formula is C19H42BrP. The highest BCUT2D eigenvalue weighted by Gasteiger charge is 1.93. The van der Waals surface area contributed by atoms with Crippen molar-refractivity contribution in [3.05, 3.63) is 0 Å². The third-order valence-electron chi connectivity index (χ3n) is 3.49. The Hall–Kier alpha value is 0.910. The SMILES string of the molecule is CCCCCCCCCCCCCCCCBr.CP(C)C. The second-order valence-corrected chi connectivity index (χ2v) is 10.1. The minimum Gasteiger partial charge on any atom is -0.116 e. The largest absolute Gasteiger partial charge is 0.116 e. The van der Waals surface area contributed by atoms with Gasteiger partial charge in [0.1, 0.15) is 0 Å². The average molecular weight is 381 g/mol. The molecule has 0 saturated carbocycles. The molecule has 0 aliphatic heterocycles. The Balaban J connectivity index is 0. The highest BCUT2D eigenvalue weighted by molar-refractivity contribution is 9.09. The maximum atomic E-state index is 3.48. The summed E-state index contributed by atoms with van der Waals surface area (Å²) in [6.45, 7) is 8.98. The number of unbranched alkanes of at least 4 members (excludes halogenated alkanes) is 13. The van der Waals surface area contributed by atoms with Crippen LogP contribution in [0.4, 0.5) is 0 Å². The van der Waals surface area contributed by atoms with E-state index in [9.17, 15) is 0 Å². The van der Waals surface area contributed by atoms with Crippen LogP contribution in [0.1, 0.15) is 96.8 Å². The fourth-order valence-electron chi connectivity index (χ4n) is 2.29. The van der Waals surface area contributed by atoms with Gasteiger partial charge in [0.2, 0.25) is 0 Å². The van der Waals surface area contributed by atoms with Gasteiger partial charge in [-0.3, -0.25) is 0 Å². The van der Waals surface area contributed by atoms with Gasteiger partial charge < -0.3 is 0 Å². The Morgan fingerprint density at radius 3 is 1.00 bits per heavy atom. The summed E-state index contributed by atoms with van der Waals surface area (Å²) in [5.74, 6) is 0. The molecule has 0 aliphatic carbocycles. The molecule has 0 rings (SSSR count). The van der Waals surface area contributed by atoms with E-state index >= 15 is 0 Å². The normalized spacial score (nSPS) is 10.6. The quantitative estimate of drug-likeness (QED) is 0.161. The van der Waals surface area contributed by atoms with Crippen LogP contribution in [0.5, 0.6) is 0 Å². The van der Waals surface area contributed by atoms with Crippen LogP contribution in [-0.2, 0) is 0 Å². The van der Waals surface area contributed by atoms with Gasteiger partial charge in [-0.05, 0) is 26.4 Å². The topological polar surface area (TPSA) is 0 Å². The van der Waals surface area contributed by atoms with Crippen molar-refractivity contribution in [1.82, 2.24) is 0 Å². The third kappa shape index (κ3) is 33.6. The molecule has 0 aromatic carbocycles. The zero-order valence-corrected chi connectivity index (χ0v) is 17.9. The van der Waals surface area contributed by atoms with Crippen molar-refractivity contribution in [1.29, 1.82) is 0 Å². The molecule has 0 fully saturated rings. The van der Waals surface area contributed by atoms with Crippen molar-refractivity contribution >= 4 is 23.9 Å². The highest BCUT2D eigenvalue weighted by Crippen LogP contribution is 2.14. The summed E-state index contributed by atoms with van der Waals surface area (Å²) >= 11 is 3.48. The first-order valence-corrected chi connectivity index (χ1v) is 13.1. The molecule has 0 aromatic heterocycles. The molecule has 0 saturated heterocycles. The molecule has 21 heavy (non-hydrogen) atoms. The number of alkyl halides is 1. The van der Waals surface area contributed by atoms with Crippen molar-refractivity contribution < 1.29 is 0 Å². The number of rotatable bonds is 14. The van der Waals surface area contributed by atoms with Gasteiger partial charge >= 0.3 is 0 Å². The highest BCUT2D eigenvalue weighted by atomic mass is 79.9. The minimum absolute atomic E-state index is 0.380. The van der Waals surface area contributed by atoms with E-state index < -0.39 is 0 Å². The van der Waals surface area contributed by atoms with E-state index in [-0.39, 0.29) is 0 Å². The van der Waals surface area contributed by atoms with Crippen molar-refractivity contribution in [2.45, 2.75) is 96.8 Å². The molecule has 2 heteroatoms. The van der Waals surface area contributed by atoms with E-state index in [2.05, 4.69) is 42.8 Å². The van der Waals surface area contributed by atoms with E-state index in [1.165, 1.54) is 95.2 Å². The first-order valence-electron chi connectivity index (χ1n) is 9.32. The summed E-state index contributed by atoms with van der Waals surface area (Å²) < 4.78 is 0. The first-order chi connectivity index (χ1) is 10.1. The van der Waals surface area contributed by atoms with Crippen molar-refractivity contribution in [2.24, 2.45) is 0 Å². The Morgan fingerprint density at radius 1 is 0.524 bits per heavy atom. The summed E-state index contributed by atoms with van der Waals surface area (Å²) in [6, 6.07) is 0. The fourth-order valence-corrected chi connectivity index (χ4v) is 2.69. The van der Waals surface area contributed by atoms with Crippen LogP contribution >= 0.6 is 23.9 Å². The van der Waals surface area contributed by atoms with Gasteiger partial charge in [-0.2, -0.15) is 0 Å². The molecule has 0 aromatic rings.